The van der Waals surface area contributed by atoms with E-state index in [1.165, 1.54) is 4.90 Å². The van der Waals surface area contributed by atoms with E-state index in [4.69, 9.17) is 21.1 Å². The van der Waals surface area contributed by atoms with Gasteiger partial charge in [-0.25, -0.2) is 4.98 Å². The number of imidazole rings is 1. The zero-order chi connectivity index (χ0) is 27.2. The van der Waals surface area contributed by atoms with Crippen molar-refractivity contribution in [3.8, 4) is 28.4 Å². The maximum Gasteiger partial charge on any atom is 0.254 e. The van der Waals surface area contributed by atoms with Gasteiger partial charge >= 0.3 is 0 Å². The predicted molar refractivity (Wildman–Crippen MR) is 148 cm³/mol. The van der Waals surface area contributed by atoms with Gasteiger partial charge in [0.1, 0.15) is 18.0 Å². The molecule has 38 heavy (non-hydrogen) atoms. The van der Waals surface area contributed by atoms with Gasteiger partial charge in [0.15, 0.2) is 0 Å². The fourth-order valence-electron chi connectivity index (χ4n) is 3.89. The Hall–Kier alpha value is -4.30. The minimum absolute atomic E-state index is 0.149. The molecule has 196 valence electrons. The molecule has 4 rings (SSSR count). The summed E-state index contributed by atoms with van der Waals surface area (Å²) in [6.45, 7) is 3.58. The average Bonchev–Trinajstić information content (AvgIpc) is 3.35. The molecule has 8 nitrogen and oxygen atoms in total. The molecule has 4 aromatic rings. The van der Waals surface area contributed by atoms with E-state index in [0.29, 0.717) is 33.7 Å². The number of anilines is 1. The van der Waals surface area contributed by atoms with Crippen LogP contribution in [0.1, 0.15) is 24.2 Å². The van der Waals surface area contributed by atoms with Gasteiger partial charge in [-0.2, -0.15) is 0 Å². The molecule has 0 aliphatic carbocycles. The van der Waals surface area contributed by atoms with Crippen LogP contribution in [0, 0.1) is 0 Å². The first-order valence-electron chi connectivity index (χ1n) is 12.0. The normalized spacial score (nSPS) is 10.8. The van der Waals surface area contributed by atoms with Crippen molar-refractivity contribution in [1.82, 2.24) is 14.5 Å². The predicted octanol–water partition coefficient (Wildman–Crippen LogP) is 5.70. The van der Waals surface area contributed by atoms with Crippen LogP contribution in [0.15, 0.2) is 79.0 Å². The highest BCUT2D eigenvalue weighted by Crippen LogP contribution is 2.27. The molecule has 2 amide bonds. The maximum absolute atomic E-state index is 13.2. The second kappa shape index (κ2) is 11.8. The minimum Gasteiger partial charge on any atom is -0.497 e. The minimum atomic E-state index is -0.377. The van der Waals surface area contributed by atoms with Crippen LogP contribution in [-0.4, -0.2) is 53.1 Å². The average molecular weight is 533 g/mol. The summed E-state index contributed by atoms with van der Waals surface area (Å²) in [7, 11) is 3.16. The number of nitrogens with zero attached hydrogens (tertiary/aromatic N) is 3. The van der Waals surface area contributed by atoms with Gasteiger partial charge in [0.05, 0.1) is 25.6 Å². The Balaban J connectivity index is 1.62. The lowest BCUT2D eigenvalue weighted by molar-refractivity contribution is -0.117. The van der Waals surface area contributed by atoms with E-state index in [9.17, 15) is 9.59 Å². The van der Waals surface area contributed by atoms with E-state index < -0.39 is 0 Å². The third-order valence-electron chi connectivity index (χ3n) is 5.96. The van der Waals surface area contributed by atoms with Gasteiger partial charge in [0.25, 0.3) is 5.91 Å². The van der Waals surface area contributed by atoms with Crippen molar-refractivity contribution in [3.05, 3.63) is 89.6 Å². The lowest BCUT2D eigenvalue weighted by Crippen LogP contribution is -2.42. The van der Waals surface area contributed by atoms with Crippen molar-refractivity contribution in [2.45, 2.75) is 19.9 Å². The number of halogens is 1. The van der Waals surface area contributed by atoms with Crippen LogP contribution in [0.4, 0.5) is 5.95 Å². The molecule has 0 aliphatic heterocycles. The van der Waals surface area contributed by atoms with Crippen LogP contribution >= 0.6 is 11.6 Å². The summed E-state index contributed by atoms with van der Waals surface area (Å²) >= 11 is 6.06. The van der Waals surface area contributed by atoms with Crippen LogP contribution in [0.25, 0.3) is 16.9 Å². The number of aromatic nitrogens is 2. The molecular weight excluding hydrogens is 504 g/mol. The number of hydrogen-bond donors (Lipinski definition) is 1. The molecule has 0 fully saturated rings. The highest BCUT2D eigenvalue weighted by Gasteiger charge is 2.23. The Morgan fingerprint density at radius 1 is 0.974 bits per heavy atom. The highest BCUT2D eigenvalue weighted by atomic mass is 35.5. The lowest BCUT2D eigenvalue weighted by atomic mass is 10.1. The molecule has 9 heteroatoms. The number of amides is 2. The van der Waals surface area contributed by atoms with E-state index in [1.54, 1.807) is 55.2 Å². The van der Waals surface area contributed by atoms with E-state index >= 15 is 0 Å². The molecule has 0 aliphatic rings. The van der Waals surface area contributed by atoms with Crippen molar-refractivity contribution >= 4 is 29.4 Å². The molecule has 0 bridgehead atoms. The van der Waals surface area contributed by atoms with E-state index in [0.717, 1.165) is 11.3 Å². The molecule has 0 spiro atoms. The summed E-state index contributed by atoms with van der Waals surface area (Å²) in [6, 6.07) is 21.3. The Labute approximate surface area is 226 Å². The maximum atomic E-state index is 13.2. The fraction of sp³-hybridized carbons (Fsp3) is 0.207. The van der Waals surface area contributed by atoms with Crippen molar-refractivity contribution < 1.29 is 19.1 Å². The first-order valence-corrected chi connectivity index (χ1v) is 12.4. The fourth-order valence-corrected chi connectivity index (χ4v) is 4.02. The smallest absolute Gasteiger partial charge is 0.254 e. The summed E-state index contributed by atoms with van der Waals surface area (Å²) in [4.78, 5) is 32.6. The SMILES string of the molecule is COc1ccc(C(=O)N(CC(=O)Nc2nc(-c3ccc(Cl)cc3)cn2-c2cccc(OC)c2)C(C)C)cc1. The summed E-state index contributed by atoms with van der Waals surface area (Å²) in [5, 5.41) is 3.51. The van der Waals surface area contributed by atoms with Crippen LogP contribution < -0.4 is 14.8 Å². The summed E-state index contributed by atoms with van der Waals surface area (Å²) in [5.74, 6) is 0.997. The molecule has 0 atom stereocenters. The molecule has 1 heterocycles. The Morgan fingerprint density at radius 3 is 2.29 bits per heavy atom. The van der Waals surface area contributed by atoms with Crippen molar-refractivity contribution in [2.75, 3.05) is 26.1 Å². The summed E-state index contributed by atoms with van der Waals surface area (Å²) in [5.41, 5.74) is 2.71. The van der Waals surface area contributed by atoms with E-state index in [-0.39, 0.29) is 24.4 Å². The van der Waals surface area contributed by atoms with Gasteiger partial charge in [-0.05, 0) is 62.4 Å². The third kappa shape index (κ3) is 6.15. The zero-order valence-electron chi connectivity index (χ0n) is 21.6. The first-order chi connectivity index (χ1) is 18.3. The second-order valence-corrected chi connectivity index (χ2v) is 9.27. The van der Waals surface area contributed by atoms with Crippen LogP contribution in [0.2, 0.25) is 5.02 Å². The van der Waals surface area contributed by atoms with Crippen molar-refractivity contribution in [2.24, 2.45) is 0 Å². The zero-order valence-corrected chi connectivity index (χ0v) is 22.4. The number of carbonyl (C=O) groups excluding carboxylic acids is 2. The molecule has 1 aromatic heterocycles. The topological polar surface area (TPSA) is 85.7 Å². The molecule has 0 radical (unpaired) electrons. The molecular formula is C29H29ClN4O4. The number of methoxy groups -OCH3 is 2. The monoisotopic (exact) mass is 532 g/mol. The molecule has 3 aromatic carbocycles. The summed E-state index contributed by atoms with van der Waals surface area (Å²) in [6.07, 6.45) is 1.83. The molecule has 0 saturated carbocycles. The Morgan fingerprint density at radius 2 is 1.66 bits per heavy atom. The van der Waals surface area contributed by atoms with E-state index in [2.05, 4.69) is 10.3 Å². The van der Waals surface area contributed by atoms with Gasteiger partial charge in [-0.15, -0.1) is 0 Å². The van der Waals surface area contributed by atoms with Crippen molar-refractivity contribution in [3.63, 3.8) is 0 Å². The van der Waals surface area contributed by atoms with Gasteiger partial charge in [0, 0.05) is 34.5 Å². The van der Waals surface area contributed by atoms with Crippen LogP contribution in [-0.2, 0) is 4.79 Å². The lowest BCUT2D eigenvalue weighted by Gasteiger charge is -2.26. The third-order valence-corrected chi connectivity index (χ3v) is 6.22. The van der Waals surface area contributed by atoms with Crippen LogP contribution in [0.5, 0.6) is 11.5 Å². The van der Waals surface area contributed by atoms with Crippen molar-refractivity contribution in [1.29, 1.82) is 0 Å². The first kappa shape index (κ1) is 26.8. The quantitative estimate of drug-likeness (QED) is 0.299. The molecule has 0 unspecified atom stereocenters. The molecule has 0 saturated heterocycles. The molecule has 1 N–H and O–H groups in total. The highest BCUT2D eigenvalue weighted by molar-refractivity contribution is 6.30. The largest absolute Gasteiger partial charge is 0.497 e. The van der Waals surface area contributed by atoms with Gasteiger partial charge in [-0.1, -0.05) is 29.8 Å². The van der Waals surface area contributed by atoms with E-state index in [1.807, 2.05) is 56.4 Å². The van der Waals surface area contributed by atoms with Gasteiger partial charge < -0.3 is 14.4 Å². The number of carbonyl (C=O) groups is 2. The van der Waals surface area contributed by atoms with Crippen LogP contribution in [0.3, 0.4) is 0 Å². The Kier molecular flexibility index (Phi) is 8.33. The van der Waals surface area contributed by atoms with Gasteiger partial charge in [0.2, 0.25) is 11.9 Å². The number of rotatable bonds is 9. The number of ether oxygens (including phenoxy) is 2. The van der Waals surface area contributed by atoms with Gasteiger partial charge in [-0.3, -0.25) is 19.5 Å². The number of benzene rings is 3. The number of hydrogen-bond acceptors (Lipinski definition) is 5. The second-order valence-electron chi connectivity index (χ2n) is 8.83. The Bertz CT molecular complexity index is 1420. The summed E-state index contributed by atoms with van der Waals surface area (Å²) < 4.78 is 12.3. The standard InChI is InChI=1S/C29H29ClN4O4/c1-19(2)33(28(36)21-10-14-24(37-3)15-11-21)18-27(35)32-29-31-26(20-8-12-22(30)13-9-20)17-34(29)23-6-5-7-25(16-23)38-4/h5-17,19H,18H2,1-4H3,(H,31,32,35). The number of nitrogens with one attached hydrogen (secondary N) is 1.